The first kappa shape index (κ1) is 18.9. The molecule has 2 rings (SSSR count). The summed E-state index contributed by atoms with van der Waals surface area (Å²) >= 11 is 0. The highest BCUT2D eigenvalue weighted by Gasteiger charge is 2.29. The third-order valence-electron chi connectivity index (χ3n) is 4.22. The molecular weight excluding hydrogens is 331 g/mol. The number of unbranched alkanes of at least 4 members (excludes halogenated alkanes) is 1. The van der Waals surface area contributed by atoms with Crippen LogP contribution in [0.25, 0.3) is 0 Å². The van der Waals surface area contributed by atoms with E-state index in [1.54, 1.807) is 17.0 Å². The van der Waals surface area contributed by atoms with E-state index < -0.39 is 10.0 Å². The molecule has 1 aliphatic rings. The fourth-order valence-corrected chi connectivity index (χ4v) is 4.17. The highest BCUT2D eigenvalue weighted by molar-refractivity contribution is 7.89. The maximum Gasteiger partial charge on any atom is 0.222 e. The van der Waals surface area contributed by atoms with Crippen LogP contribution >= 0.6 is 0 Å². The molecule has 1 aliphatic heterocycles. The number of likely N-dealkylation sites (tertiary alicyclic amines) is 1. The maximum atomic E-state index is 13.4. The SMILES string of the molecule is CCCCS(=O)(=O)NC[C@H](Cc1cccc(F)c1)N1CCCC1=O. The minimum Gasteiger partial charge on any atom is -0.338 e. The first-order chi connectivity index (χ1) is 11.4. The second kappa shape index (κ2) is 8.58. The Balaban J connectivity index is 2.07. The zero-order valence-corrected chi connectivity index (χ0v) is 14.8. The largest absolute Gasteiger partial charge is 0.338 e. The number of hydrogen-bond donors (Lipinski definition) is 1. The van der Waals surface area contributed by atoms with Crippen LogP contribution in [0.2, 0.25) is 0 Å². The van der Waals surface area contributed by atoms with Gasteiger partial charge >= 0.3 is 0 Å². The van der Waals surface area contributed by atoms with Crippen LogP contribution in [-0.2, 0) is 21.2 Å². The molecule has 1 aromatic rings. The van der Waals surface area contributed by atoms with Crippen LogP contribution in [-0.4, -0.2) is 44.1 Å². The Bertz CT molecular complexity index is 664. The fourth-order valence-electron chi connectivity index (χ4n) is 2.91. The Morgan fingerprint density at radius 3 is 2.79 bits per heavy atom. The van der Waals surface area contributed by atoms with Crippen molar-refractivity contribution in [3.8, 4) is 0 Å². The lowest BCUT2D eigenvalue weighted by molar-refractivity contribution is -0.129. The minimum absolute atomic E-state index is 0.0316. The van der Waals surface area contributed by atoms with Crippen molar-refractivity contribution in [1.82, 2.24) is 9.62 Å². The molecule has 5 nitrogen and oxygen atoms in total. The molecule has 1 heterocycles. The molecule has 24 heavy (non-hydrogen) atoms. The number of carbonyl (C=O) groups excluding carboxylic acids is 1. The molecular formula is C17H25FN2O3S. The number of amides is 1. The smallest absolute Gasteiger partial charge is 0.222 e. The standard InChI is InChI=1S/C17H25FN2O3S/c1-2-3-10-24(22,23)19-13-16(20-9-5-8-17(20)21)12-14-6-4-7-15(18)11-14/h4,6-7,11,16,19H,2-3,5,8-10,12-13H2,1H3/t16-/m0/s1. The number of nitrogens with zero attached hydrogens (tertiary/aromatic N) is 1. The fraction of sp³-hybridized carbons (Fsp3) is 0.588. The van der Waals surface area contributed by atoms with Crippen molar-refractivity contribution in [2.75, 3.05) is 18.8 Å². The van der Waals surface area contributed by atoms with E-state index in [1.807, 2.05) is 6.92 Å². The van der Waals surface area contributed by atoms with Gasteiger partial charge in [-0.3, -0.25) is 4.79 Å². The summed E-state index contributed by atoms with van der Waals surface area (Å²) in [7, 11) is -3.35. The van der Waals surface area contributed by atoms with Crippen molar-refractivity contribution in [1.29, 1.82) is 0 Å². The van der Waals surface area contributed by atoms with Crippen molar-refractivity contribution in [3.63, 3.8) is 0 Å². The predicted molar refractivity (Wildman–Crippen MR) is 91.5 cm³/mol. The van der Waals surface area contributed by atoms with Crippen LogP contribution in [0.3, 0.4) is 0 Å². The van der Waals surface area contributed by atoms with Gasteiger partial charge in [0.2, 0.25) is 15.9 Å². The molecule has 1 fully saturated rings. The van der Waals surface area contributed by atoms with E-state index in [9.17, 15) is 17.6 Å². The Kier molecular flexibility index (Phi) is 6.74. The van der Waals surface area contributed by atoms with E-state index in [2.05, 4.69) is 4.72 Å². The predicted octanol–water partition coefficient (Wildman–Crippen LogP) is 2.08. The van der Waals surface area contributed by atoms with E-state index >= 15 is 0 Å². The van der Waals surface area contributed by atoms with Crippen LogP contribution < -0.4 is 4.72 Å². The van der Waals surface area contributed by atoms with Gasteiger partial charge in [0, 0.05) is 25.6 Å². The number of halogens is 1. The molecule has 0 unspecified atom stereocenters. The van der Waals surface area contributed by atoms with Crippen molar-refractivity contribution in [3.05, 3.63) is 35.6 Å². The van der Waals surface area contributed by atoms with E-state index in [-0.39, 0.29) is 30.1 Å². The summed E-state index contributed by atoms with van der Waals surface area (Å²) in [4.78, 5) is 13.8. The molecule has 0 bridgehead atoms. The lowest BCUT2D eigenvalue weighted by Crippen LogP contribution is -2.46. The van der Waals surface area contributed by atoms with Crippen molar-refractivity contribution >= 4 is 15.9 Å². The summed E-state index contributed by atoms with van der Waals surface area (Å²) in [5, 5.41) is 0. The second-order valence-electron chi connectivity index (χ2n) is 6.20. The Hall–Kier alpha value is -1.47. The average Bonchev–Trinajstić information content (AvgIpc) is 2.96. The van der Waals surface area contributed by atoms with Gasteiger partial charge in [0.1, 0.15) is 5.82 Å². The summed E-state index contributed by atoms with van der Waals surface area (Å²) in [6.45, 7) is 2.72. The van der Waals surface area contributed by atoms with Gasteiger partial charge in [-0.2, -0.15) is 0 Å². The van der Waals surface area contributed by atoms with E-state index in [0.29, 0.717) is 25.8 Å². The monoisotopic (exact) mass is 356 g/mol. The highest BCUT2D eigenvalue weighted by Crippen LogP contribution is 2.17. The lowest BCUT2D eigenvalue weighted by atomic mass is 10.0. The molecule has 1 atom stereocenters. The van der Waals surface area contributed by atoms with Crippen LogP contribution in [0.4, 0.5) is 4.39 Å². The topological polar surface area (TPSA) is 66.5 Å². The molecule has 7 heteroatoms. The Morgan fingerprint density at radius 1 is 1.38 bits per heavy atom. The molecule has 0 radical (unpaired) electrons. The summed E-state index contributed by atoms with van der Waals surface area (Å²) in [6, 6.07) is 5.92. The van der Waals surface area contributed by atoms with Crippen molar-refractivity contribution in [2.24, 2.45) is 0 Å². The molecule has 0 aliphatic carbocycles. The van der Waals surface area contributed by atoms with Crippen LogP contribution in [0.1, 0.15) is 38.2 Å². The normalized spacial score (nSPS) is 16.6. The van der Waals surface area contributed by atoms with Gasteiger partial charge in [0.05, 0.1) is 5.75 Å². The highest BCUT2D eigenvalue weighted by atomic mass is 32.2. The van der Waals surface area contributed by atoms with E-state index in [1.165, 1.54) is 12.1 Å². The van der Waals surface area contributed by atoms with Crippen molar-refractivity contribution in [2.45, 2.75) is 45.1 Å². The number of rotatable bonds is 9. The number of benzene rings is 1. The zero-order chi connectivity index (χ0) is 17.6. The number of nitrogens with one attached hydrogen (secondary N) is 1. The quantitative estimate of drug-likeness (QED) is 0.737. The van der Waals surface area contributed by atoms with Gasteiger partial charge in [-0.25, -0.2) is 17.5 Å². The molecule has 134 valence electrons. The molecule has 1 amide bonds. The first-order valence-electron chi connectivity index (χ1n) is 8.42. The van der Waals surface area contributed by atoms with Crippen LogP contribution in [0, 0.1) is 5.82 Å². The number of carbonyl (C=O) groups is 1. The van der Waals surface area contributed by atoms with Gasteiger partial charge in [0.25, 0.3) is 0 Å². The van der Waals surface area contributed by atoms with Crippen molar-refractivity contribution < 1.29 is 17.6 Å². The van der Waals surface area contributed by atoms with Gasteiger partial charge in [0.15, 0.2) is 0 Å². The molecule has 0 saturated carbocycles. The third-order valence-corrected chi connectivity index (χ3v) is 5.65. The molecule has 1 saturated heterocycles. The molecule has 1 aromatic carbocycles. The Labute approximate surface area is 143 Å². The van der Waals surface area contributed by atoms with E-state index in [4.69, 9.17) is 0 Å². The van der Waals surface area contributed by atoms with Gasteiger partial charge < -0.3 is 4.90 Å². The van der Waals surface area contributed by atoms with Gasteiger partial charge in [-0.15, -0.1) is 0 Å². The second-order valence-corrected chi connectivity index (χ2v) is 8.13. The number of sulfonamides is 1. The molecule has 0 spiro atoms. The summed E-state index contributed by atoms with van der Waals surface area (Å²) in [5.74, 6) is -0.212. The van der Waals surface area contributed by atoms with Gasteiger partial charge in [-0.1, -0.05) is 25.5 Å². The minimum atomic E-state index is -3.35. The lowest BCUT2D eigenvalue weighted by Gasteiger charge is -2.28. The van der Waals surface area contributed by atoms with E-state index in [0.717, 1.165) is 18.4 Å². The molecule has 0 aromatic heterocycles. The number of hydrogen-bond acceptors (Lipinski definition) is 3. The van der Waals surface area contributed by atoms with Crippen LogP contribution in [0.5, 0.6) is 0 Å². The van der Waals surface area contributed by atoms with Crippen LogP contribution in [0.15, 0.2) is 24.3 Å². The first-order valence-corrected chi connectivity index (χ1v) is 10.1. The summed E-state index contributed by atoms with van der Waals surface area (Å²) < 4.78 is 40.0. The summed E-state index contributed by atoms with van der Waals surface area (Å²) in [6.07, 6.45) is 3.11. The molecule has 1 N–H and O–H groups in total. The zero-order valence-electron chi connectivity index (χ0n) is 14.0. The Morgan fingerprint density at radius 2 is 2.17 bits per heavy atom. The third kappa shape index (κ3) is 5.56. The maximum absolute atomic E-state index is 13.4. The summed E-state index contributed by atoms with van der Waals surface area (Å²) in [5.41, 5.74) is 0.757. The van der Waals surface area contributed by atoms with Gasteiger partial charge in [-0.05, 0) is 37.0 Å². The average molecular weight is 356 g/mol.